The molecule has 3 rings (SSSR count). The third-order valence-electron chi connectivity index (χ3n) is 3.92. The first-order valence-electron chi connectivity index (χ1n) is 8.90. The van der Waals surface area contributed by atoms with Crippen LogP contribution in [-0.4, -0.2) is 29.0 Å². The molecule has 0 bridgehead atoms. The summed E-state index contributed by atoms with van der Waals surface area (Å²) in [6.45, 7) is 7.99. The number of benzene rings is 2. The summed E-state index contributed by atoms with van der Waals surface area (Å²) in [5.74, 6) is 2.19. The van der Waals surface area contributed by atoms with Crippen molar-refractivity contribution in [3.63, 3.8) is 0 Å². The summed E-state index contributed by atoms with van der Waals surface area (Å²) in [6.07, 6.45) is 1.75. The van der Waals surface area contributed by atoms with Crippen molar-refractivity contribution in [2.45, 2.75) is 27.3 Å². The molecule has 1 aromatic heterocycles. The average molecular weight is 352 g/mol. The van der Waals surface area contributed by atoms with Gasteiger partial charge in [0.2, 0.25) is 5.95 Å². The predicted octanol–water partition coefficient (Wildman–Crippen LogP) is 4.30. The smallest absolute Gasteiger partial charge is 0.224 e. The standard InChI is InChI=1S/C20H24N4O2/c1-4-24-17-10-8-7-9-16(17)22-20(24)23-21-14-15-11-12-18(25-5-2)19(13-15)26-6-3/h7-14H,4-6H2,1-3H3,(H,22,23)/b21-14-. The Morgan fingerprint density at radius 1 is 1.04 bits per heavy atom. The van der Waals surface area contributed by atoms with E-state index in [0.717, 1.165) is 40.6 Å². The van der Waals surface area contributed by atoms with Gasteiger partial charge in [0.15, 0.2) is 11.5 Å². The maximum absolute atomic E-state index is 5.65. The van der Waals surface area contributed by atoms with E-state index in [1.54, 1.807) is 6.21 Å². The summed E-state index contributed by atoms with van der Waals surface area (Å²) in [4.78, 5) is 4.59. The summed E-state index contributed by atoms with van der Waals surface area (Å²) < 4.78 is 13.3. The van der Waals surface area contributed by atoms with E-state index in [9.17, 15) is 0 Å². The summed E-state index contributed by atoms with van der Waals surface area (Å²) >= 11 is 0. The van der Waals surface area contributed by atoms with Crippen molar-refractivity contribution >= 4 is 23.2 Å². The van der Waals surface area contributed by atoms with E-state index in [2.05, 4.69) is 33.1 Å². The fourth-order valence-corrected chi connectivity index (χ4v) is 2.79. The van der Waals surface area contributed by atoms with Crippen molar-refractivity contribution in [1.29, 1.82) is 0 Å². The molecular formula is C20H24N4O2. The van der Waals surface area contributed by atoms with Gasteiger partial charge in [0, 0.05) is 6.54 Å². The first kappa shape index (κ1) is 17.8. The lowest BCUT2D eigenvalue weighted by atomic mass is 10.2. The molecule has 0 spiro atoms. The number of para-hydroxylation sites is 2. The van der Waals surface area contributed by atoms with E-state index in [4.69, 9.17) is 9.47 Å². The van der Waals surface area contributed by atoms with E-state index < -0.39 is 0 Å². The highest BCUT2D eigenvalue weighted by molar-refractivity contribution is 5.82. The van der Waals surface area contributed by atoms with Crippen LogP contribution in [0.1, 0.15) is 26.3 Å². The van der Waals surface area contributed by atoms with E-state index >= 15 is 0 Å². The van der Waals surface area contributed by atoms with Crippen LogP contribution < -0.4 is 14.9 Å². The second-order valence-electron chi connectivity index (χ2n) is 5.61. The lowest BCUT2D eigenvalue weighted by molar-refractivity contribution is 0.288. The molecule has 26 heavy (non-hydrogen) atoms. The lowest BCUT2D eigenvalue weighted by Crippen LogP contribution is -2.02. The van der Waals surface area contributed by atoms with Crippen LogP contribution in [0.3, 0.4) is 0 Å². The zero-order valence-corrected chi connectivity index (χ0v) is 15.4. The molecule has 0 aliphatic rings. The Kier molecular flexibility index (Phi) is 5.73. The maximum atomic E-state index is 5.65. The summed E-state index contributed by atoms with van der Waals surface area (Å²) in [5.41, 5.74) is 6.00. The molecule has 0 amide bonds. The van der Waals surface area contributed by atoms with E-state index in [-0.39, 0.29) is 0 Å². The fraction of sp³-hybridized carbons (Fsp3) is 0.300. The number of hydrogen-bond donors (Lipinski definition) is 1. The highest BCUT2D eigenvalue weighted by Gasteiger charge is 2.08. The van der Waals surface area contributed by atoms with Crippen LogP contribution in [0.15, 0.2) is 47.6 Å². The van der Waals surface area contributed by atoms with E-state index in [1.165, 1.54) is 0 Å². The second kappa shape index (κ2) is 8.38. The Morgan fingerprint density at radius 3 is 2.58 bits per heavy atom. The van der Waals surface area contributed by atoms with Crippen LogP contribution >= 0.6 is 0 Å². The largest absolute Gasteiger partial charge is 0.490 e. The van der Waals surface area contributed by atoms with Gasteiger partial charge >= 0.3 is 0 Å². The Hall–Kier alpha value is -3.02. The van der Waals surface area contributed by atoms with Gasteiger partial charge < -0.3 is 14.0 Å². The highest BCUT2D eigenvalue weighted by Crippen LogP contribution is 2.28. The van der Waals surface area contributed by atoms with Gasteiger partial charge in [-0.3, -0.25) is 0 Å². The monoisotopic (exact) mass is 352 g/mol. The van der Waals surface area contributed by atoms with Gasteiger partial charge in [0.05, 0.1) is 30.5 Å². The number of hydrazone groups is 1. The van der Waals surface area contributed by atoms with E-state index in [1.807, 2.05) is 50.2 Å². The SMILES string of the molecule is CCOc1ccc(/C=N\Nc2nc3ccccc3n2CC)cc1OCC. The molecule has 0 atom stereocenters. The van der Waals surface area contributed by atoms with Crippen LogP contribution in [0.25, 0.3) is 11.0 Å². The predicted molar refractivity (Wildman–Crippen MR) is 105 cm³/mol. The average Bonchev–Trinajstić information content (AvgIpc) is 3.01. The molecule has 0 saturated carbocycles. The van der Waals surface area contributed by atoms with Crippen molar-refractivity contribution in [3.8, 4) is 11.5 Å². The molecular weight excluding hydrogens is 328 g/mol. The van der Waals surface area contributed by atoms with Gasteiger partial charge in [-0.15, -0.1) is 0 Å². The number of hydrogen-bond acceptors (Lipinski definition) is 5. The number of ether oxygens (including phenoxy) is 2. The van der Waals surface area contributed by atoms with E-state index in [0.29, 0.717) is 13.2 Å². The van der Waals surface area contributed by atoms with Gasteiger partial charge in [-0.1, -0.05) is 12.1 Å². The molecule has 1 heterocycles. The lowest BCUT2D eigenvalue weighted by Gasteiger charge is -2.11. The summed E-state index contributed by atoms with van der Waals surface area (Å²) in [7, 11) is 0. The minimum absolute atomic E-state index is 0.583. The first-order valence-corrected chi connectivity index (χ1v) is 8.90. The molecule has 6 nitrogen and oxygen atoms in total. The Labute approximate surface area is 153 Å². The Balaban J connectivity index is 1.79. The minimum Gasteiger partial charge on any atom is -0.490 e. The zero-order chi connectivity index (χ0) is 18.4. The van der Waals surface area contributed by atoms with Crippen molar-refractivity contribution < 1.29 is 9.47 Å². The second-order valence-corrected chi connectivity index (χ2v) is 5.61. The minimum atomic E-state index is 0.583. The number of aromatic nitrogens is 2. The summed E-state index contributed by atoms with van der Waals surface area (Å²) in [5, 5.41) is 4.34. The number of aryl methyl sites for hydroxylation is 1. The Bertz CT molecular complexity index is 902. The zero-order valence-electron chi connectivity index (χ0n) is 15.4. The molecule has 0 fully saturated rings. The topological polar surface area (TPSA) is 60.7 Å². The number of anilines is 1. The number of imidazole rings is 1. The molecule has 6 heteroatoms. The quantitative estimate of drug-likeness (QED) is 0.485. The van der Waals surface area contributed by atoms with Crippen molar-refractivity contribution in [2.75, 3.05) is 18.6 Å². The highest BCUT2D eigenvalue weighted by atomic mass is 16.5. The number of nitrogens with zero attached hydrogens (tertiary/aromatic N) is 3. The molecule has 1 N–H and O–H groups in total. The summed E-state index contributed by atoms with van der Waals surface area (Å²) in [6, 6.07) is 13.8. The maximum Gasteiger partial charge on any atom is 0.224 e. The van der Waals surface area contributed by atoms with Crippen LogP contribution in [0, 0.1) is 0 Å². The molecule has 0 aliphatic heterocycles. The molecule has 0 radical (unpaired) electrons. The van der Waals surface area contributed by atoms with Gasteiger partial charge in [-0.2, -0.15) is 5.10 Å². The van der Waals surface area contributed by atoms with Crippen LogP contribution in [0.2, 0.25) is 0 Å². The van der Waals surface area contributed by atoms with Gasteiger partial charge in [0.1, 0.15) is 0 Å². The third-order valence-corrected chi connectivity index (χ3v) is 3.92. The molecule has 3 aromatic rings. The normalized spacial score (nSPS) is 11.2. The first-order chi connectivity index (χ1) is 12.8. The van der Waals surface area contributed by atoms with Crippen molar-refractivity contribution in [2.24, 2.45) is 5.10 Å². The van der Waals surface area contributed by atoms with Crippen LogP contribution in [0.4, 0.5) is 5.95 Å². The number of fused-ring (bicyclic) bond motifs is 1. The third kappa shape index (κ3) is 3.79. The molecule has 0 aliphatic carbocycles. The van der Waals surface area contributed by atoms with Crippen molar-refractivity contribution in [3.05, 3.63) is 48.0 Å². The molecule has 0 unspecified atom stereocenters. The van der Waals surface area contributed by atoms with Crippen molar-refractivity contribution in [1.82, 2.24) is 9.55 Å². The number of nitrogens with one attached hydrogen (secondary N) is 1. The molecule has 136 valence electrons. The molecule has 2 aromatic carbocycles. The van der Waals surface area contributed by atoms with Gasteiger partial charge in [-0.05, 0) is 56.7 Å². The molecule has 0 saturated heterocycles. The van der Waals surface area contributed by atoms with Gasteiger partial charge in [0.25, 0.3) is 0 Å². The van der Waals surface area contributed by atoms with Crippen LogP contribution in [0.5, 0.6) is 11.5 Å². The Morgan fingerprint density at radius 2 is 1.81 bits per heavy atom. The fourth-order valence-electron chi connectivity index (χ4n) is 2.79. The number of rotatable bonds is 8. The van der Waals surface area contributed by atoms with Crippen LogP contribution in [-0.2, 0) is 6.54 Å². The van der Waals surface area contributed by atoms with Gasteiger partial charge in [-0.25, -0.2) is 10.4 Å².